The van der Waals surface area contributed by atoms with Gasteiger partial charge in [-0.3, -0.25) is 0 Å². The Morgan fingerprint density at radius 2 is 1.71 bits per heavy atom. The standard InChI is InChI=1S/C12H12ClF/c13-8-11-5-12(6-11,7-11)9-1-3-10(14)4-2-9/h1-4H,5-8H2. The molecule has 3 aliphatic carbocycles. The van der Waals surface area contributed by atoms with Crippen molar-refractivity contribution in [3.05, 3.63) is 35.6 Å². The van der Waals surface area contributed by atoms with E-state index in [0.29, 0.717) is 10.8 Å². The normalized spacial score (nSPS) is 38.7. The van der Waals surface area contributed by atoms with Crippen molar-refractivity contribution in [1.82, 2.24) is 0 Å². The first-order valence-electron chi connectivity index (χ1n) is 5.00. The average molecular weight is 211 g/mol. The van der Waals surface area contributed by atoms with Gasteiger partial charge >= 0.3 is 0 Å². The van der Waals surface area contributed by atoms with Gasteiger partial charge in [0, 0.05) is 5.88 Å². The lowest BCUT2D eigenvalue weighted by Crippen LogP contribution is -2.65. The molecule has 0 nitrogen and oxygen atoms in total. The van der Waals surface area contributed by atoms with Crippen LogP contribution in [0.3, 0.4) is 0 Å². The monoisotopic (exact) mass is 210 g/mol. The Bertz CT molecular complexity index is 349. The van der Waals surface area contributed by atoms with Crippen LogP contribution in [0.2, 0.25) is 0 Å². The van der Waals surface area contributed by atoms with E-state index in [0.717, 1.165) is 5.88 Å². The van der Waals surface area contributed by atoms with E-state index in [4.69, 9.17) is 11.6 Å². The highest BCUT2D eigenvalue weighted by atomic mass is 35.5. The minimum Gasteiger partial charge on any atom is -0.207 e. The van der Waals surface area contributed by atoms with Gasteiger partial charge in [0.1, 0.15) is 5.82 Å². The van der Waals surface area contributed by atoms with E-state index >= 15 is 0 Å². The molecule has 0 aromatic heterocycles. The topological polar surface area (TPSA) is 0 Å². The summed E-state index contributed by atoms with van der Waals surface area (Å²) in [7, 11) is 0. The van der Waals surface area contributed by atoms with E-state index in [-0.39, 0.29) is 5.82 Å². The summed E-state index contributed by atoms with van der Waals surface area (Å²) in [4.78, 5) is 0. The largest absolute Gasteiger partial charge is 0.207 e. The molecule has 3 fully saturated rings. The van der Waals surface area contributed by atoms with E-state index < -0.39 is 0 Å². The smallest absolute Gasteiger partial charge is 0.123 e. The van der Waals surface area contributed by atoms with Crippen molar-refractivity contribution in [3.63, 3.8) is 0 Å². The third-order valence-corrected chi connectivity index (χ3v) is 4.45. The molecule has 0 heterocycles. The molecule has 0 spiro atoms. The fourth-order valence-electron chi connectivity index (χ4n) is 3.25. The molecule has 0 aliphatic heterocycles. The molecule has 0 atom stereocenters. The number of halogens is 2. The summed E-state index contributed by atoms with van der Waals surface area (Å²) in [6.45, 7) is 0. The summed E-state index contributed by atoms with van der Waals surface area (Å²) >= 11 is 5.90. The summed E-state index contributed by atoms with van der Waals surface area (Å²) in [5, 5.41) is 0. The van der Waals surface area contributed by atoms with Gasteiger partial charge in [-0.05, 0) is 47.8 Å². The molecule has 14 heavy (non-hydrogen) atoms. The molecule has 3 saturated carbocycles. The van der Waals surface area contributed by atoms with Crippen molar-refractivity contribution in [2.24, 2.45) is 5.41 Å². The molecule has 3 aliphatic rings. The van der Waals surface area contributed by atoms with Crippen LogP contribution in [-0.4, -0.2) is 5.88 Å². The van der Waals surface area contributed by atoms with Gasteiger partial charge in [0.15, 0.2) is 0 Å². The molecule has 2 heteroatoms. The molecule has 1 aromatic carbocycles. The van der Waals surface area contributed by atoms with Crippen molar-refractivity contribution in [2.45, 2.75) is 24.7 Å². The van der Waals surface area contributed by atoms with Crippen LogP contribution >= 0.6 is 11.6 Å². The summed E-state index contributed by atoms with van der Waals surface area (Å²) in [6.07, 6.45) is 3.61. The minimum absolute atomic E-state index is 0.146. The van der Waals surface area contributed by atoms with E-state index in [2.05, 4.69) is 0 Å². The molecule has 0 N–H and O–H groups in total. The van der Waals surface area contributed by atoms with E-state index in [1.165, 1.54) is 24.8 Å². The van der Waals surface area contributed by atoms with Gasteiger partial charge in [0.2, 0.25) is 0 Å². The first-order valence-corrected chi connectivity index (χ1v) is 5.54. The molecule has 0 unspecified atom stereocenters. The maximum atomic E-state index is 12.7. The maximum absolute atomic E-state index is 12.7. The second kappa shape index (κ2) is 2.52. The van der Waals surface area contributed by atoms with Gasteiger partial charge in [-0.15, -0.1) is 11.6 Å². The Labute approximate surface area is 88.1 Å². The van der Waals surface area contributed by atoms with Gasteiger partial charge < -0.3 is 0 Å². The van der Waals surface area contributed by atoms with Crippen LogP contribution in [0.5, 0.6) is 0 Å². The summed E-state index contributed by atoms with van der Waals surface area (Å²) in [5.41, 5.74) is 2.10. The van der Waals surface area contributed by atoms with Crippen LogP contribution in [0, 0.1) is 11.2 Å². The number of alkyl halides is 1. The van der Waals surface area contributed by atoms with Crippen molar-refractivity contribution >= 4 is 11.6 Å². The Hall–Kier alpha value is -0.560. The Morgan fingerprint density at radius 1 is 1.14 bits per heavy atom. The average Bonchev–Trinajstić information content (AvgIpc) is 2.04. The van der Waals surface area contributed by atoms with Gasteiger partial charge in [-0.1, -0.05) is 12.1 Å². The summed E-state index contributed by atoms with van der Waals surface area (Å²) in [6, 6.07) is 6.96. The second-order valence-electron chi connectivity index (χ2n) is 4.95. The molecule has 0 amide bonds. The quantitative estimate of drug-likeness (QED) is 0.656. The second-order valence-corrected chi connectivity index (χ2v) is 5.22. The van der Waals surface area contributed by atoms with Gasteiger partial charge in [0.25, 0.3) is 0 Å². The lowest BCUT2D eigenvalue weighted by Gasteiger charge is -2.71. The predicted molar refractivity (Wildman–Crippen MR) is 55.1 cm³/mol. The van der Waals surface area contributed by atoms with Crippen LogP contribution in [0.4, 0.5) is 4.39 Å². The van der Waals surface area contributed by atoms with Crippen LogP contribution in [0.15, 0.2) is 24.3 Å². The van der Waals surface area contributed by atoms with Crippen molar-refractivity contribution in [2.75, 3.05) is 5.88 Å². The highest BCUT2D eigenvalue weighted by Crippen LogP contribution is 2.73. The number of hydrogen-bond acceptors (Lipinski definition) is 0. The SMILES string of the molecule is Fc1ccc(C23CC(CCl)(C2)C3)cc1. The van der Waals surface area contributed by atoms with E-state index in [9.17, 15) is 4.39 Å². The fraction of sp³-hybridized carbons (Fsp3) is 0.500. The molecule has 4 rings (SSSR count). The Morgan fingerprint density at radius 3 is 2.21 bits per heavy atom. The number of benzene rings is 1. The maximum Gasteiger partial charge on any atom is 0.123 e. The molecular formula is C12H12ClF. The molecule has 1 aromatic rings. The van der Waals surface area contributed by atoms with Crippen molar-refractivity contribution in [3.8, 4) is 0 Å². The first kappa shape index (κ1) is 8.72. The Balaban J connectivity index is 1.84. The molecular weight excluding hydrogens is 199 g/mol. The molecule has 0 saturated heterocycles. The van der Waals surface area contributed by atoms with Crippen LogP contribution in [0.25, 0.3) is 0 Å². The predicted octanol–water partition coefficient (Wildman–Crippen LogP) is 3.49. The van der Waals surface area contributed by atoms with Gasteiger partial charge in [0.05, 0.1) is 0 Å². The van der Waals surface area contributed by atoms with E-state index in [1.807, 2.05) is 12.1 Å². The Kier molecular flexibility index (Phi) is 1.57. The number of hydrogen-bond donors (Lipinski definition) is 0. The lowest BCUT2D eigenvalue weighted by molar-refractivity contribution is -0.122. The third kappa shape index (κ3) is 0.939. The zero-order chi connectivity index (χ0) is 9.81. The van der Waals surface area contributed by atoms with E-state index in [1.54, 1.807) is 12.1 Å². The van der Waals surface area contributed by atoms with Crippen molar-refractivity contribution < 1.29 is 4.39 Å². The highest BCUT2D eigenvalue weighted by molar-refractivity contribution is 6.18. The zero-order valence-corrected chi connectivity index (χ0v) is 8.65. The van der Waals surface area contributed by atoms with Crippen LogP contribution in [0.1, 0.15) is 24.8 Å². The van der Waals surface area contributed by atoms with Crippen molar-refractivity contribution in [1.29, 1.82) is 0 Å². The van der Waals surface area contributed by atoms with Crippen LogP contribution < -0.4 is 0 Å². The molecule has 0 radical (unpaired) electrons. The van der Waals surface area contributed by atoms with Crippen LogP contribution in [-0.2, 0) is 5.41 Å². The third-order valence-electron chi connectivity index (χ3n) is 3.88. The summed E-state index contributed by atoms with van der Waals surface area (Å²) < 4.78 is 12.7. The van der Waals surface area contributed by atoms with Gasteiger partial charge in [-0.2, -0.15) is 0 Å². The zero-order valence-electron chi connectivity index (χ0n) is 7.89. The molecule has 2 bridgehead atoms. The minimum atomic E-state index is -0.146. The highest BCUT2D eigenvalue weighted by Gasteiger charge is 2.67. The number of rotatable bonds is 2. The first-order chi connectivity index (χ1) is 6.68. The summed E-state index contributed by atoms with van der Waals surface area (Å²) in [5.74, 6) is 0.642. The lowest BCUT2D eigenvalue weighted by atomic mass is 9.34. The fourth-order valence-corrected chi connectivity index (χ4v) is 3.53. The van der Waals surface area contributed by atoms with Gasteiger partial charge in [-0.25, -0.2) is 4.39 Å². The molecule has 74 valence electrons.